The molecule has 0 saturated heterocycles. The van der Waals surface area contributed by atoms with Gasteiger partial charge in [-0.15, -0.1) is 10.2 Å². The normalized spacial score (nSPS) is 11.0. The van der Waals surface area contributed by atoms with E-state index in [1.54, 1.807) is 6.33 Å². The van der Waals surface area contributed by atoms with Gasteiger partial charge < -0.3 is 9.84 Å². The van der Waals surface area contributed by atoms with Crippen LogP contribution in [0, 0.1) is 13.8 Å². The summed E-state index contributed by atoms with van der Waals surface area (Å²) in [5, 5.41) is 15.6. The van der Waals surface area contributed by atoms with E-state index in [0.29, 0.717) is 0 Å². The third-order valence-electron chi connectivity index (χ3n) is 3.77. The highest BCUT2D eigenvalue weighted by atomic mass is 16.5. The molecule has 0 radical (unpaired) electrons. The smallest absolute Gasteiger partial charge is 0.184 e. The van der Waals surface area contributed by atoms with Crippen molar-refractivity contribution in [3.8, 4) is 11.1 Å². The van der Waals surface area contributed by atoms with Crippen LogP contribution >= 0.6 is 0 Å². The first-order chi connectivity index (χ1) is 11.2. The van der Waals surface area contributed by atoms with Gasteiger partial charge in [-0.1, -0.05) is 23.4 Å². The fourth-order valence-electron chi connectivity index (χ4n) is 2.74. The second-order valence-electron chi connectivity index (χ2n) is 5.39. The molecule has 0 spiro atoms. The lowest BCUT2D eigenvalue weighted by Gasteiger charge is -2.10. The molecule has 1 N–H and O–H groups in total. The van der Waals surface area contributed by atoms with Gasteiger partial charge in [-0.3, -0.25) is 4.40 Å². The second kappa shape index (κ2) is 5.24. The van der Waals surface area contributed by atoms with Crippen LogP contribution in [0.1, 0.15) is 11.5 Å². The Morgan fingerprint density at radius 3 is 2.70 bits per heavy atom. The van der Waals surface area contributed by atoms with Crippen molar-refractivity contribution in [2.75, 3.05) is 5.32 Å². The number of fused-ring (bicyclic) bond motifs is 1. The van der Waals surface area contributed by atoms with E-state index < -0.39 is 0 Å². The van der Waals surface area contributed by atoms with Crippen LogP contribution in [0.15, 0.2) is 53.4 Å². The Morgan fingerprint density at radius 2 is 1.96 bits per heavy atom. The van der Waals surface area contributed by atoms with Crippen molar-refractivity contribution in [2.45, 2.75) is 13.8 Å². The summed E-state index contributed by atoms with van der Waals surface area (Å²) in [7, 11) is 0. The largest absolute Gasteiger partial charge is 0.361 e. The van der Waals surface area contributed by atoms with Gasteiger partial charge >= 0.3 is 0 Å². The molecule has 3 aromatic heterocycles. The molecule has 114 valence electrons. The van der Waals surface area contributed by atoms with Crippen LogP contribution in [0.25, 0.3) is 16.8 Å². The van der Waals surface area contributed by atoms with Crippen LogP contribution in [-0.2, 0) is 0 Å². The van der Waals surface area contributed by atoms with Crippen molar-refractivity contribution in [1.82, 2.24) is 19.8 Å². The Morgan fingerprint density at radius 1 is 1.13 bits per heavy atom. The van der Waals surface area contributed by atoms with Gasteiger partial charge in [0.1, 0.15) is 12.1 Å². The topological polar surface area (TPSA) is 68.2 Å². The molecule has 6 nitrogen and oxygen atoms in total. The zero-order valence-corrected chi connectivity index (χ0v) is 12.8. The summed E-state index contributed by atoms with van der Waals surface area (Å²) in [6, 6.07) is 12.0. The van der Waals surface area contributed by atoms with Gasteiger partial charge in [0.25, 0.3) is 0 Å². The summed E-state index contributed by atoms with van der Waals surface area (Å²) in [6.45, 7) is 3.85. The quantitative estimate of drug-likeness (QED) is 0.624. The Balaban J connectivity index is 1.88. The number of aromatic nitrogens is 4. The predicted molar refractivity (Wildman–Crippen MR) is 87.7 cm³/mol. The number of hydrogen-bond donors (Lipinski definition) is 1. The highest BCUT2D eigenvalue weighted by Crippen LogP contribution is 2.31. The summed E-state index contributed by atoms with van der Waals surface area (Å²) in [4.78, 5) is 0. The number of anilines is 2. The highest BCUT2D eigenvalue weighted by Gasteiger charge is 2.15. The minimum absolute atomic E-state index is 0.768. The van der Waals surface area contributed by atoms with Gasteiger partial charge in [-0.2, -0.15) is 0 Å². The summed E-state index contributed by atoms with van der Waals surface area (Å²) in [5.74, 6) is 0.792. The molecule has 0 unspecified atom stereocenters. The zero-order valence-electron chi connectivity index (χ0n) is 12.8. The minimum atomic E-state index is 0.768. The first-order valence-corrected chi connectivity index (χ1v) is 7.31. The van der Waals surface area contributed by atoms with E-state index in [4.69, 9.17) is 4.52 Å². The molecule has 0 atom stereocenters. The maximum absolute atomic E-state index is 5.29. The fraction of sp³-hybridized carbons (Fsp3) is 0.118. The van der Waals surface area contributed by atoms with Crippen LogP contribution in [0.2, 0.25) is 0 Å². The van der Waals surface area contributed by atoms with Crippen LogP contribution in [0.5, 0.6) is 0 Å². The van der Waals surface area contributed by atoms with Crippen molar-refractivity contribution in [1.29, 1.82) is 0 Å². The molecule has 0 fully saturated rings. The monoisotopic (exact) mass is 305 g/mol. The Kier molecular flexibility index (Phi) is 3.08. The summed E-state index contributed by atoms with van der Waals surface area (Å²) >= 11 is 0. The van der Waals surface area contributed by atoms with Gasteiger partial charge in [-0.25, -0.2) is 0 Å². The third kappa shape index (κ3) is 2.34. The van der Waals surface area contributed by atoms with Crippen molar-refractivity contribution >= 4 is 17.0 Å². The van der Waals surface area contributed by atoms with E-state index in [1.807, 2.05) is 60.8 Å². The molecule has 0 bridgehead atoms. The Hall–Kier alpha value is -3.15. The summed E-state index contributed by atoms with van der Waals surface area (Å²) < 4.78 is 7.19. The maximum Gasteiger partial charge on any atom is 0.184 e. The van der Waals surface area contributed by atoms with Gasteiger partial charge in [-0.05, 0) is 32.0 Å². The first-order valence-electron chi connectivity index (χ1n) is 7.31. The van der Waals surface area contributed by atoms with Crippen LogP contribution in [-0.4, -0.2) is 19.8 Å². The molecule has 1 aromatic carbocycles. The molecule has 4 aromatic rings. The van der Waals surface area contributed by atoms with E-state index >= 15 is 0 Å². The summed E-state index contributed by atoms with van der Waals surface area (Å²) in [6.07, 6.45) is 3.67. The van der Waals surface area contributed by atoms with Crippen LogP contribution in [0.3, 0.4) is 0 Å². The molecule has 3 heterocycles. The van der Waals surface area contributed by atoms with Crippen molar-refractivity contribution in [3.63, 3.8) is 0 Å². The van der Waals surface area contributed by atoms with E-state index in [-0.39, 0.29) is 0 Å². The standard InChI is InChI=1S/C17H15N5O/c1-11-16(12(2)23-21-11)13-8-15(17-20-18-10-22(17)9-13)19-14-6-4-3-5-7-14/h3-10,19H,1-2H3. The highest BCUT2D eigenvalue weighted by molar-refractivity contribution is 5.80. The minimum Gasteiger partial charge on any atom is -0.361 e. The van der Waals surface area contributed by atoms with Gasteiger partial charge in [0.15, 0.2) is 5.65 Å². The molecule has 0 aliphatic carbocycles. The summed E-state index contributed by atoms with van der Waals surface area (Å²) in [5.41, 5.74) is 5.51. The average molecular weight is 305 g/mol. The molecule has 23 heavy (non-hydrogen) atoms. The van der Waals surface area contributed by atoms with E-state index in [1.165, 1.54) is 0 Å². The fourth-order valence-corrected chi connectivity index (χ4v) is 2.74. The number of benzene rings is 1. The molecule has 0 aliphatic rings. The number of nitrogens with zero attached hydrogens (tertiary/aromatic N) is 4. The van der Waals surface area contributed by atoms with Gasteiger partial charge in [0.05, 0.1) is 11.4 Å². The van der Waals surface area contributed by atoms with Crippen LogP contribution < -0.4 is 5.32 Å². The van der Waals surface area contributed by atoms with E-state index in [9.17, 15) is 0 Å². The molecule has 0 aliphatic heterocycles. The molecule has 0 saturated carbocycles. The lowest BCUT2D eigenvalue weighted by molar-refractivity contribution is 0.393. The molecule has 0 amide bonds. The average Bonchev–Trinajstić information content (AvgIpc) is 3.15. The zero-order chi connectivity index (χ0) is 15.8. The number of rotatable bonds is 3. The molecular formula is C17H15N5O. The van der Waals surface area contributed by atoms with Gasteiger partial charge in [0.2, 0.25) is 0 Å². The van der Waals surface area contributed by atoms with Gasteiger partial charge in [0, 0.05) is 23.0 Å². The maximum atomic E-state index is 5.29. The number of aryl methyl sites for hydroxylation is 2. The predicted octanol–water partition coefficient (Wildman–Crippen LogP) is 3.74. The van der Waals surface area contributed by atoms with E-state index in [2.05, 4.69) is 20.7 Å². The third-order valence-corrected chi connectivity index (χ3v) is 3.77. The molecule has 4 rings (SSSR count). The molecule has 6 heteroatoms. The lowest BCUT2D eigenvalue weighted by atomic mass is 10.1. The number of para-hydroxylation sites is 1. The number of hydrogen-bond acceptors (Lipinski definition) is 5. The van der Waals surface area contributed by atoms with Crippen molar-refractivity contribution in [3.05, 3.63) is 60.4 Å². The number of pyridine rings is 1. The van der Waals surface area contributed by atoms with Crippen LogP contribution in [0.4, 0.5) is 11.4 Å². The number of nitrogens with one attached hydrogen (secondary N) is 1. The Labute approximate surface area is 132 Å². The van der Waals surface area contributed by atoms with Crippen molar-refractivity contribution in [2.24, 2.45) is 0 Å². The SMILES string of the molecule is Cc1noc(C)c1-c1cc(Nc2ccccc2)c2nncn2c1. The first kappa shape index (κ1) is 13.5. The lowest BCUT2D eigenvalue weighted by Crippen LogP contribution is -1.96. The molecular weight excluding hydrogens is 290 g/mol. The van der Waals surface area contributed by atoms with E-state index in [0.717, 1.165) is 39.6 Å². The van der Waals surface area contributed by atoms with Crippen molar-refractivity contribution < 1.29 is 4.52 Å². The Bertz CT molecular complexity index is 952. The second-order valence-corrected chi connectivity index (χ2v) is 5.39.